The molecule has 4 rings (SSSR count). The molecule has 10 nitrogen and oxygen atoms in total. The van der Waals surface area contributed by atoms with E-state index >= 15 is 0 Å². The van der Waals surface area contributed by atoms with Gasteiger partial charge >= 0.3 is 11.9 Å². The molecule has 2 aromatic rings. The van der Waals surface area contributed by atoms with Crippen molar-refractivity contribution in [1.29, 1.82) is 0 Å². The third kappa shape index (κ3) is 3.59. The van der Waals surface area contributed by atoms with Crippen LogP contribution in [0.5, 0.6) is 34.5 Å². The van der Waals surface area contributed by atoms with Crippen molar-refractivity contribution in [2.75, 3.05) is 42.7 Å². The van der Waals surface area contributed by atoms with E-state index in [2.05, 4.69) is 0 Å². The average molecular weight is 474 g/mol. The Labute approximate surface area is 196 Å². The molecule has 0 saturated carbocycles. The van der Waals surface area contributed by atoms with Gasteiger partial charge in [0.1, 0.15) is 35.5 Å². The number of cyclic esters (lactones) is 2. The average Bonchev–Trinajstić information content (AvgIpc) is 3.39. The summed E-state index contributed by atoms with van der Waals surface area (Å²) >= 11 is 0. The first kappa shape index (κ1) is 23.3. The lowest BCUT2D eigenvalue weighted by Gasteiger charge is -2.20. The maximum atomic E-state index is 13.1. The number of esters is 2. The van der Waals surface area contributed by atoms with Crippen molar-refractivity contribution in [3.05, 3.63) is 35.4 Å². The summed E-state index contributed by atoms with van der Waals surface area (Å²) in [4.78, 5) is 26.2. The Bertz CT molecular complexity index is 1020. The van der Waals surface area contributed by atoms with Crippen molar-refractivity contribution in [3.8, 4) is 34.5 Å². The molecule has 2 aliphatic rings. The summed E-state index contributed by atoms with van der Waals surface area (Å²) in [5.41, 5.74) is 0.941. The third-order valence-corrected chi connectivity index (χ3v) is 6.15. The summed E-state index contributed by atoms with van der Waals surface area (Å²) in [6, 6.07) is 6.50. The molecular weight excluding hydrogens is 448 g/mol. The van der Waals surface area contributed by atoms with Crippen LogP contribution in [0, 0.1) is 11.8 Å². The van der Waals surface area contributed by atoms with Crippen LogP contribution in [0.15, 0.2) is 24.3 Å². The molecule has 0 amide bonds. The molecule has 2 heterocycles. The van der Waals surface area contributed by atoms with E-state index in [-0.39, 0.29) is 0 Å². The number of carbonyl (C=O) groups excluding carboxylic acids is 2. The molecule has 10 heteroatoms. The maximum absolute atomic E-state index is 13.1. The number of hydrogen-bond acceptors (Lipinski definition) is 10. The van der Waals surface area contributed by atoms with Gasteiger partial charge in [-0.3, -0.25) is 9.59 Å². The number of benzene rings is 2. The maximum Gasteiger partial charge on any atom is 0.314 e. The molecule has 2 aliphatic heterocycles. The molecule has 4 atom stereocenters. The fraction of sp³-hybridized carbons (Fsp3) is 0.417. The molecule has 2 unspecified atom stereocenters. The van der Waals surface area contributed by atoms with Crippen LogP contribution >= 0.6 is 0 Å². The van der Waals surface area contributed by atoms with Crippen LogP contribution in [0.4, 0.5) is 0 Å². The number of hydrogen-bond donors (Lipinski definition) is 0. The minimum absolute atomic E-state index is 0.385. The summed E-state index contributed by atoms with van der Waals surface area (Å²) in [6.45, 7) is 0. The molecule has 0 aromatic heterocycles. The highest BCUT2D eigenvalue weighted by atomic mass is 16.6. The SMILES string of the molecule is COc1cc(OC)c([C@@H]2OC(=O)C3C2C(=O)O[C@H]3c2cc(OC)c(OC)cc2OC)cc1OC. The second kappa shape index (κ2) is 9.20. The van der Waals surface area contributed by atoms with E-state index in [0.717, 1.165) is 0 Å². The highest BCUT2D eigenvalue weighted by Crippen LogP contribution is 2.55. The normalized spacial score (nSPS) is 23.0. The summed E-state index contributed by atoms with van der Waals surface area (Å²) in [7, 11) is 8.92. The van der Waals surface area contributed by atoms with Gasteiger partial charge < -0.3 is 37.9 Å². The Morgan fingerprint density at radius 3 is 1.09 bits per heavy atom. The van der Waals surface area contributed by atoms with Gasteiger partial charge in [0, 0.05) is 23.3 Å². The predicted octanol–water partition coefficient (Wildman–Crippen LogP) is 2.87. The molecule has 2 aromatic carbocycles. The quantitative estimate of drug-likeness (QED) is 0.530. The zero-order valence-electron chi connectivity index (χ0n) is 19.7. The first-order valence-corrected chi connectivity index (χ1v) is 10.4. The van der Waals surface area contributed by atoms with Gasteiger partial charge in [0.25, 0.3) is 0 Å². The van der Waals surface area contributed by atoms with E-state index in [1.165, 1.54) is 42.7 Å². The monoisotopic (exact) mass is 474 g/mol. The molecule has 34 heavy (non-hydrogen) atoms. The molecular formula is C24H26O10. The second-order valence-electron chi connectivity index (χ2n) is 7.66. The molecule has 182 valence electrons. The lowest BCUT2D eigenvalue weighted by molar-refractivity contribution is -0.155. The van der Waals surface area contributed by atoms with Crippen LogP contribution < -0.4 is 28.4 Å². The standard InChI is InChI=1S/C24H26O10/c1-27-13-9-17(31-5)15(29-3)7-11(13)21-19-20(24(26)33-21)22(34-23(19)25)12-8-16(30-4)18(32-6)10-14(12)28-2/h7-10,19-22H,1-6H3/t19?,20?,21-,22-/m0/s1. The van der Waals surface area contributed by atoms with Crippen molar-refractivity contribution in [3.63, 3.8) is 0 Å². The summed E-state index contributed by atoms with van der Waals surface area (Å²) in [5.74, 6) is -0.489. The highest BCUT2D eigenvalue weighted by molar-refractivity contribution is 5.90. The van der Waals surface area contributed by atoms with E-state index < -0.39 is 36.0 Å². The Morgan fingerprint density at radius 1 is 0.500 bits per heavy atom. The Balaban J connectivity index is 1.78. The van der Waals surface area contributed by atoms with Crippen molar-refractivity contribution in [2.45, 2.75) is 12.2 Å². The minimum atomic E-state index is -0.934. The van der Waals surface area contributed by atoms with Gasteiger partial charge in [-0.15, -0.1) is 0 Å². The number of rotatable bonds is 8. The topological polar surface area (TPSA) is 108 Å². The van der Waals surface area contributed by atoms with Crippen LogP contribution in [0.3, 0.4) is 0 Å². The van der Waals surface area contributed by atoms with Gasteiger partial charge in [-0.2, -0.15) is 0 Å². The second-order valence-corrected chi connectivity index (χ2v) is 7.66. The van der Waals surface area contributed by atoms with Crippen LogP contribution in [0.25, 0.3) is 0 Å². The van der Waals surface area contributed by atoms with E-state index in [0.29, 0.717) is 45.6 Å². The summed E-state index contributed by atoms with van der Waals surface area (Å²) in [5, 5.41) is 0. The number of ether oxygens (including phenoxy) is 8. The van der Waals surface area contributed by atoms with Gasteiger partial charge in [-0.05, 0) is 12.1 Å². The van der Waals surface area contributed by atoms with Gasteiger partial charge in [-0.1, -0.05) is 0 Å². The molecule has 2 fully saturated rings. The van der Waals surface area contributed by atoms with E-state index in [1.807, 2.05) is 0 Å². The molecule has 2 saturated heterocycles. The first-order chi connectivity index (χ1) is 16.4. The lowest BCUT2D eigenvalue weighted by atomic mass is 9.83. The summed E-state index contributed by atoms with van der Waals surface area (Å²) in [6.07, 6.45) is -1.87. The highest BCUT2D eigenvalue weighted by Gasteiger charge is 2.61. The minimum Gasteiger partial charge on any atom is -0.496 e. The van der Waals surface area contributed by atoms with E-state index in [4.69, 9.17) is 37.9 Å². The number of methoxy groups -OCH3 is 6. The van der Waals surface area contributed by atoms with Gasteiger partial charge in [0.2, 0.25) is 0 Å². The van der Waals surface area contributed by atoms with Crippen molar-refractivity contribution in [1.82, 2.24) is 0 Å². The van der Waals surface area contributed by atoms with Crippen molar-refractivity contribution in [2.24, 2.45) is 11.8 Å². The number of carbonyl (C=O) groups is 2. The van der Waals surface area contributed by atoms with E-state index in [1.54, 1.807) is 24.3 Å². The molecule has 0 bridgehead atoms. The van der Waals surface area contributed by atoms with Crippen molar-refractivity contribution >= 4 is 11.9 Å². The number of fused-ring (bicyclic) bond motifs is 1. The third-order valence-electron chi connectivity index (χ3n) is 6.15. The fourth-order valence-corrected chi connectivity index (χ4v) is 4.54. The zero-order chi connectivity index (χ0) is 24.6. The lowest BCUT2D eigenvalue weighted by Crippen LogP contribution is -2.20. The van der Waals surface area contributed by atoms with Crippen LogP contribution in [0.2, 0.25) is 0 Å². The van der Waals surface area contributed by atoms with Gasteiger partial charge in [0.05, 0.1) is 42.7 Å². The van der Waals surface area contributed by atoms with Gasteiger partial charge in [0.15, 0.2) is 23.0 Å². The first-order valence-electron chi connectivity index (χ1n) is 10.4. The Hall–Kier alpha value is -3.82. The van der Waals surface area contributed by atoms with Crippen LogP contribution in [-0.4, -0.2) is 54.6 Å². The predicted molar refractivity (Wildman–Crippen MR) is 117 cm³/mol. The fourth-order valence-electron chi connectivity index (χ4n) is 4.54. The van der Waals surface area contributed by atoms with Gasteiger partial charge in [-0.25, -0.2) is 0 Å². The summed E-state index contributed by atoms with van der Waals surface area (Å²) < 4.78 is 43.8. The Morgan fingerprint density at radius 2 is 0.794 bits per heavy atom. The molecule has 0 spiro atoms. The van der Waals surface area contributed by atoms with E-state index in [9.17, 15) is 9.59 Å². The van der Waals surface area contributed by atoms with Crippen LogP contribution in [0.1, 0.15) is 23.3 Å². The largest absolute Gasteiger partial charge is 0.496 e. The molecule has 0 radical (unpaired) electrons. The zero-order valence-corrected chi connectivity index (χ0v) is 19.7. The van der Waals surface area contributed by atoms with Crippen molar-refractivity contribution < 1.29 is 47.5 Å². The molecule has 0 aliphatic carbocycles. The van der Waals surface area contributed by atoms with Crippen LogP contribution in [-0.2, 0) is 19.1 Å². The Kier molecular flexibility index (Phi) is 6.32. The molecule has 0 N–H and O–H groups in total. The smallest absolute Gasteiger partial charge is 0.314 e.